The molecule has 1 fully saturated rings. The van der Waals surface area contributed by atoms with Crippen LogP contribution in [0, 0.1) is 0 Å². The SMILES string of the molecule is CC(=O)C(O)[C@H]1O[C@@H](n2cc(Br)c(=O)[nH]c2=O)C[C@@H]1N=[N+]=[N-]. The normalized spacial score (nSPS) is 25.5. The van der Waals surface area contributed by atoms with Crippen molar-refractivity contribution < 1.29 is 14.6 Å². The molecule has 0 aromatic carbocycles. The second kappa shape index (κ2) is 6.44. The minimum absolute atomic E-state index is 0.0808. The summed E-state index contributed by atoms with van der Waals surface area (Å²) in [6, 6.07) is -0.813. The van der Waals surface area contributed by atoms with Crippen LogP contribution in [0.1, 0.15) is 19.6 Å². The maximum atomic E-state index is 11.8. The quantitative estimate of drug-likeness (QED) is 0.439. The molecule has 1 unspecified atom stereocenters. The van der Waals surface area contributed by atoms with E-state index in [-0.39, 0.29) is 10.9 Å². The van der Waals surface area contributed by atoms with E-state index in [2.05, 4.69) is 30.9 Å². The highest BCUT2D eigenvalue weighted by atomic mass is 79.9. The molecule has 1 saturated heterocycles. The van der Waals surface area contributed by atoms with E-state index in [4.69, 9.17) is 10.3 Å². The molecule has 0 bridgehead atoms. The number of Topliss-reactive ketones (excluding diaryl/α,β-unsaturated/α-hetero) is 1. The van der Waals surface area contributed by atoms with Crippen molar-refractivity contribution in [1.29, 1.82) is 0 Å². The van der Waals surface area contributed by atoms with Gasteiger partial charge in [-0.25, -0.2) is 4.79 Å². The number of aliphatic hydroxyl groups is 1. The number of ether oxygens (including phenoxy) is 1. The number of nitrogens with zero attached hydrogens (tertiary/aromatic N) is 4. The monoisotopic (exact) mass is 373 g/mol. The van der Waals surface area contributed by atoms with Crippen LogP contribution in [0.5, 0.6) is 0 Å². The van der Waals surface area contributed by atoms with Crippen LogP contribution in [0.2, 0.25) is 0 Å². The summed E-state index contributed by atoms with van der Waals surface area (Å²) in [6.07, 6.45) is -2.09. The van der Waals surface area contributed by atoms with E-state index in [1.807, 2.05) is 0 Å². The lowest BCUT2D eigenvalue weighted by atomic mass is 10.0. The van der Waals surface area contributed by atoms with Crippen LogP contribution in [0.3, 0.4) is 0 Å². The molecule has 0 aliphatic carbocycles. The molecule has 2 heterocycles. The summed E-state index contributed by atoms with van der Waals surface area (Å²) >= 11 is 3.00. The van der Waals surface area contributed by atoms with Crippen molar-refractivity contribution in [2.45, 2.75) is 37.8 Å². The van der Waals surface area contributed by atoms with Crippen LogP contribution in [-0.2, 0) is 9.53 Å². The molecule has 0 saturated carbocycles. The molecular weight excluding hydrogens is 362 g/mol. The fourth-order valence-corrected chi connectivity index (χ4v) is 2.54. The van der Waals surface area contributed by atoms with Gasteiger partial charge in [-0.1, -0.05) is 5.11 Å². The Morgan fingerprint density at radius 3 is 2.95 bits per heavy atom. The molecule has 4 atom stereocenters. The van der Waals surface area contributed by atoms with Gasteiger partial charge in [-0.2, -0.15) is 0 Å². The Balaban J connectivity index is 2.37. The first kappa shape index (κ1) is 16.4. The van der Waals surface area contributed by atoms with Gasteiger partial charge in [0.2, 0.25) is 0 Å². The number of aliphatic hydroxyl groups excluding tert-OH is 1. The lowest BCUT2D eigenvalue weighted by Crippen LogP contribution is -2.38. The molecule has 1 aromatic rings. The molecule has 1 aromatic heterocycles. The second-order valence-electron chi connectivity index (χ2n) is 4.76. The number of azide groups is 1. The number of aromatic amines is 1. The van der Waals surface area contributed by atoms with Gasteiger partial charge in [-0.3, -0.25) is 19.1 Å². The minimum Gasteiger partial charge on any atom is -0.383 e. The van der Waals surface area contributed by atoms with Gasteiger partial charge in [0.05, 0.1) is 10.5 Å². The van der Waals surface area contributed by atoms with Crippen LogP contribution >= 0.6 is 15.9 Å². The number of ketones is 1. The lowest BCUT2D eigenvalue weighted by molar-refractivity contribution is -0.135. The van der Waals surface area contributed by atoms with E-state index in [0.29, 0.717) is 0 Å². The van der Waals surface area contributed by atoms with Crippen molar-refractivity contribution in [3.8, 4) is 0 Å². The maximum Gasteiger partial charge on any atom is 0.330 e. The number of rotatable bonds is 4. The Morgan fingerprint density at radius 1 is 1.68 bits per heavy atom. The van der Waals surface area contributed by atoms with E-state index < -0.39 is 41.5 Å². The lowest BCUT2D eigenvalue weighted by Gasteiger charge is -2.19. The summed E-state index contributed by atoms with van der Waals surface area (Å²) in [6.45, 7) is 1.18. The van der Waals surface area contributed by atoms with Crippen molar-refractivity contribution >= 4 is 21.7 Å². The van der Waals surface area contributed by atoms with Gasteiger partial charge in [0, 0.05) is 17.5 Å². The molecule has 1 aliphatic heterocycles. The summed E-state index contributed by atoms with van der Waals surface area (Å²) in [5, 5.41) is 13.3. The number of hydrogen-bond acceptors (Lipinski definition) is 6. The van der Waals surface area contributed by atoms with E-state index in [1.165, 1.54) is 13.1 Å². The number of hydrogen-bond donors (Lipinski definition) is 2. The number of nitrogens with one attached hydrogen (secondary N) is 1. The van der Waals surface area contributed by atoms with Gasteiger partial charge in [0.15, 0.2) is 5.78 Å². The van der Waals surface area contributed by atoms with Gasteiger partial charge in [-0.05, 0) is 28.4 Å². The van der Waals surface area contributed by atoms with Gasteiger partial charge in [-0.15, -0.1) is 0 Å². The van der Waals surface area contributed by atoms with Gasteiger partial charge < -0.3 is 9.84 Å². The topological polar surface area (TPSA) is 150 Å². The highest BCUT2D eigenvalue weighted by Crippen LogP contribution is 2.32. The zero-order valence-corrected chi connectivity index (χ0v) is 12.9. The van der Waals surface area contributed by atoms with E-state index in [9.17, 15) is 19.5 Å². The Bertz CT molecular complexity index is 752. The highest BCUT2D eigenvalue weighted by Gasteiger charge is 2.41. The Morgan fingerprint density at radius 2 is 2.36 bits per heavy atom. The third kappa shape index (κ3) is 3.12. The predicted molar refractivity (Wildman–Crippen MR) is 77.2 cm³/mol. The molecule has 10 nitrogen and oxygen atoms in total. The highest BCUT2D eigenvalue weighted by molar-refractivity contribution is 9.10. The third-order valence-corrected chi connectivity index (χ3v) is 3.86. The molecule has 11 heteroatoms. The van der Waals surface area contributed by atoms with Crippen molar-refractivity contribution in [3.05, 3.63) is 42.0 Å². The summed E-state index contributed by atoms with van der Waals surface area (Å²) in [4.78, 5) is 39.2. The maximum absolute atomic E-state index is 11.8. The molecule has 118 valence electrons. The molecule has 2 rings (SSSR count). The molecule has 0 radical (unpaired) electrons. The standard InChI is InChI=1S/C11H12BrN5O5/c1-4(18)8(19)9-6(15-16-13)2-7(22-9)17-3-5(12)10(20)14-11(17)21/h3,6-9,19H,2H2,1H3,(H,14,20,21)/t6-,7+,8?,9-/m0/s1. The van der Waals surface area contributed by atoms with Gasteiger partial charge in [0.1, 0.15) is 18.4 Å². The van der Waals surface area contributed by atoms with Crippen molar-refractivity contribution in [2.75, 3.05) is 0 Å². The van der Waals surface area contributed by atoms with Gasteiger partial charge in [0.25, 0.3) is 5.56 Å². The number of carbonyl (C=O) groups excluding carboxylic acids is 1. The average Bonchev–Trinajstić information content (AvgIpc) is 2.86. The zero-order valence-electron chi connectivity index (χ0n) is 11.3. The van der Waals surface area contributed by atoms with E-state index >= 15 is 0 Å². The van der Waals surface area contributed by atoms with Crippen molar-refractivity contribution in [3.63, 3.8) is 0 Å². The molecule has 0 amide bonds. The molecule has 2 N–H and O–H groups in total. The Kier molecular flexibility index (Phi) is 4.81. The molecule has 22 heavy (non-hydrogen) atoms. The number of halogens is 1. The summed E-state index contributed by atoms with van der Waals surface area (Å²) in [7, 11) is 0. The van der Waals surface area contributed by atoms with Crippen LogP contribution in [0.25, 0.3) is 10.4 Å². The fraction of sp³-hybridized carbons (Fsp3) is 0.545. The van der Waals surface area contributed by atoms with E-state index in [0.717, 1.165) is 4.57 Å². The summed E-state index contributed by atoms with van der Waals surface area (Å²) in [5.74, 6) is -0.543. The summed E-state index contributed by atoms with van der Waals surface area (Å²) in [5.41, 5.74) is 7.27. The zero-order chi connectivity index (χ0) is 16.4. The van der Waals surface area contributed by atoms with Crippen LogP contribution < -0.4 is 11.2 Å². The predicted octanol–water partition coefficient (Wildman–Crippen LogP) is 0.215. The van der Waals surface area contributed by atoms with Gasteiger partial charge >= 0.3 is 5.69 Å². The third-order valence-electron chi connectivity index (χ3n) is 3.30. The first-order valence-electron chi connectivity index (χ1n) is 6.24. The van der Waals surface area contributed by atoms with Crippen molar-refractivity contribution in [1.82, 2.24) is 9.55 Å². The van der Waals surface area contributed by atoms with E-state index in [1.54, 1.807) is 0 Å². The Hall–Kier alpha value is -1.94. The molecule has 0 spiro atoms. The smallest absolute Gasteiger partial charge is 0.330 e. The first-order valence-corrected chi connectivity index (χ1v) is 7.03. The largest absolute Gasteiger partial charge is 0.383 e. The van der Waals surface area contributed by atoms with Crippen LogP contribution in [0.4, 0.5) is 0 Å². The number of H-pyrrole nitrogens is 1. The number of carbonyl (C=O) groups is 1. The first-order chi connectivity index (χ1) is 10.3. The molecule has 1 aliphatic rings. The average molecular weight is 374 g/mol. The second-order valence-corrected chi connectivity index (χ2v) is 5.62. The van der Waals surface area contributed by atoms with Crippen molar-refractivity contribution in [2.24, 2.45) is 5.11 Å². The molecular formula is C11H12BrN5O5. The number of aromatic nitrogens is 2. The fourth-order valence-electron chi connectivity index (χ4n) is 2.22. The summed E-state index contributed by atoms with van der Waals surface area (Å²) < 4.78 is 6.71. The van der Waals surface area contributed by atoms with Crippen LogP contribution in [-0.4, -0.2) is 38.7 Å². The minimum atomic E-state index is -1.47. The Labute approximate surface area is 131 Å². The van der Waals surface area contributed by atoms with Crippen LogP contribution in [0.15, 0.2) is 25.4 Å².